The molecule has 2 aromatic rings. The van der Waals surface area contributed by atoms with Crippen LogP contribution in [0.1, 0.15) is 118 Å². The highest BCUT2D eigenvalue weighted by Crippen LogP contribution is 2.67. The van der Waals surface area contributed by atoms with Crippen LogP contribution in [0.3, 0.4) is 0 Å². The van der Waals surface area contributed by atoms with Crippen molar-refractivity contribution in [2.75, 3.05) is 12.3 Å². The van der Waals surface area contributed by atoms with Gasteiger partial charge in [0.05, 0.1) is 25.1 Å². The molecule has 5 aliphatic rings. The molecule has 1 saturated heterocycles. The normalized spacial score (nSPS) is 40.3. The van der Waals surface area contributed by atoms with Crippen molar-refractivity contribution in [3.63, 3.8) is 0 Å². The molecular formula is C37H57N5O3. The number of hydrogen-bond acceptors (Lipinski definition) is 7. The van der Waals surface area contributed by atoms with Crippen molar-refractivity contribution >= 4 is 17.0 Å². The molecule has 1 aliphatic heterocycles. The number of hydrogen-bond donors (Lipinski definition) is 2. The molecule has 11 atom stereocenters. The van der Waals surface area contributed by atoms with Gasteiger partial charge in [-0.15, -0.1) is 0 Å². The molecule has 4 unspecified atom stereocenters. The van der Waals surface area contributed by atoms with Crippen molar-refractivity contribution in [3.05, 3.63) is 24.3 Å². The minimum Gasteiger partial charge on any atom is -0.388 e. The lowest BCUT2D eigenvalue weighted by atomic mass is 9.47. The number of fused-ring (bicyclic) bond motifs is 6. The van der Waals surface area contributed by atoms with E-state index in [0.29, 0.717) is 40.8 Å². The molecule has 0 aromatic carbocycles. The van der Waals surface area contributed by atoms with Crippen LogP contribution in [0.15, 0.2) is 24.3 Å². The Kier molecular flexibility index (Phi) is 8.56. The van der Waals surface area contributed by atoms with Crippen molar-refractivity contribution in [1.29, 1.82) is 0 Å². The van der Waals surface area contributed by atoms with E-state index in [1.54, 1.807) is 16.5 Å². The molecule has 0 spiro atoms. The van der Waals surface area contributed by atoms with Crippen LogP contribution in [-0.2, 0) is 9.47 Å². The second-order valence-electron chi connectivity index (χ2n) is 16.5. The molecule has 0 bridgehead atoms. The Morgan fingerprint density at radius 2 is 1.91 bits per heavy atom. The molecule has 0 amide bonds. The van der Waals surface area contributed by atoms with E-state index in [1.165, 1.54) is 64.1 Å². The van der Waals surface area contributed by atoms with Crippen LogP contribution >= 0.6 is 0 Å². The van der Waals surface area contributed by atoms with Gasteiger partial charge in [-0.25, -0.2) is 15.0 Å². The lowest BCUT2D eigenvalue weighted by Crippen LogP contribution is -2.51. The molecule has 4 aliphatic carbocycles. The highest BCUT2D eigenvalue weighted by molar-refractivity contribution is 5.81. The first-order valence-electron chi connectivity index (χ1n) is 18.2. The summed E-state index contributed by atoms with van der Waals surface area (Å²) in [6.45, 7) is 13.1. The highest BCUT2D eigenvalue weighted by atomic mass is 16.6. The molecule has 3 saturated carbocycles. The summed E-state index contributed by atoms with van der Waals surface area (Å²) in [5.74, 6) is 5.50. The standard InChI is InChI=1S/C37H57N5O3/c1-22(2)7-6-8-23(3)28-11-12-29-27-10-9-24-17-25(13-15-36(24,4)30(27)14-16-37(28,29)5)44-19-26-18-31(43)35(45-26)42-21-41-32-33(38)39-20-40-34(32)42/h9,20-23,25-31,35,43H,6-8,10-19H2,1-5H3,(H2,38,39,40)/t23-,25?,26+,27?,28-,29?,30?,31-,35-,36+,37-/m1/s1. The van der Waals surface area contributed by atoms with Gasteiger partial charge in [0, 0.05) is 6.42 Å². The van der Waals surface area contributed by atoms with Crippen molar-refractivity contribution in [2.24, 2.45) is 46.3 Å². The van der Waals surface area contributed by atoms with Crippen LogP contribution in [0.4, 0.5) is 5.82 Å². The van der Waals surface area contributed by atoms with Crippen LogP contribution in [-0.4, -0.2) is 49.5 Å². The third-order valence-electron chi connectivity index (χ3n) is 13.6. The summed E-state index contributed by atoms with van der Waals surface area (Å²) in [7, 11) is 0. The summed E-state index contributed by atoms with van der Waals surface area (Å²) in [4.78, 5) is 12.7. The molecule has 3 heterocycles. The first-order valence-corrected chi connectivity index (χ1v) is 18.2. The second kappa shape index (κ2) is 12.2. The van der Waals surface area contributed by atoms with E-state index >= 15 is 0 Å². The van der Waals surface area contributed by atoms with Gasteiger partial charge in [0.2, 0.25) is 0 Å². The zero-order valence-corrected chi connectivity index (χ0v) is 28.3. The quantitative estimate of drug-likeness (QED) is 0.280. The van der Waals surface area contributed by atoms with E-state index in [2.05, 4.69) is 55.6 Å². The molecule has 248 valence electrons. The topological polar surface area (TPSA) is 108 Å². The summed E-state index contributed by atoms with van der Waals surface area (Å²) in [6, 6.07) is 0. The Morgan fingerprint density at radius 1 is 1.07 bits per heavy atom. The fourth-order valence-electron chi connectivity index (χ4n) is 11.2. The number of aliphatic hydroxyl groups excluding tert-OH is 1. The molecule has 8 heteroatoms. The predicted molar refractivity (Wildman–Crippen MR) is 177 cm³/mol. The lowest BCUT2D eigenvalue weighted by Gasteiger charge is -2.58. The Hall–Kier alpha value is -2.03. The maximum absolute atomic E-state index is 10.9. The zero-order valence-electron chi connectivity index (χ0n) is 28.3. The van der Waals surface area contributed by atoms with Gasteiger partial charge in [-0.1, -0.05) is 65.5 Å². The van der Waals surface area contributed by atoms with Gasteiger partial charge < -0.3 is 20.3 Å². The molecule has 2 aromatic heterocycles. The molecule has 7 rings (SSSR count). The third kappa shape index (κ3) is 5.54. The third-order valence-corrected chi connectivity index (χ3v) is 13.6. The van der Waals surface area contributed by atoms with E-state index in [9.17, 15) is 5.11 Å². The second-order valence-corrected chi connectivity index (χ2v) is 16.5. The van der Waals surface area contributed by atoms with Crippen LogP contribution in [0.25, 0.3) is 11.2 Å². The largest absolute Gasteiger partial charge is 0.388 e. The van der Waals surface area contributed by atoms with Crippen molar-refractivity contribution < 1.29 is 14.6 Å². The Bertz CT molecular complexity index is 1390. The highest BCUT2D eigenvalue weighted by Gasteiger charge is 2.59. The zero-order chi connectivity index (χ0) is 31.5. The number of imidazole rings is 1. The molecular weight excluding hydrogens is 562 g/mol. The smallest absolute Gasteiger partial charge is 0.167 e. The maximum atomic E-state index is 10.9. The predicted octanol–water partition coefficient (Wildman–Crippen LogP) is 7.48. The first-order chi connectivity index (χ1) is 21.6. The number of ether oxygens (including phenoxy) is 2. The number of aliphatic hydroxyl groups is 1. The summed E-state index contributed by atoms with van der Waals surface area (Å²) < 4.78 is 14.6. The molecule has 3 N–H and O–H groups in total. The number of nitrogen functional groups attached to an aromatic ring is 1. The lowest BCUT2D eigenvalue weighted by molar-refractivity contribution is -0.0890. The van der Waals surface area contributed by atoms with E-state index in [1.807, 2.05) is 0 Å². The van der Waals surface area contributed by atoms with Crippen LogP contribution in [0.5, 0.6) is 0 Å². The van der Waals surface area contributed by atoms with E-state index in [0.717, 1.165) is 48.3 Å². The maximum Gasteiger partial charge on any atom is 0.167 e. The monoisotopic (exact) mass is 619 g/mol. The SMILES string of the molecule is CC(C)CCC[C@@H](C)[C@H]1CCC2C3CC=C4CC(OC[C@@H]5C[C@@H](O)[C@H](n6cnc7c(N)ncnc76)O5)CC[C@]4(C)C3CC[C@@]21C. The fraction of sp³-hybridized carbons (Fsp3) is 0.811. The minimum atomic E-state index is -0.657. The van der Waals surface area contributed by atoms with Gasteiger partial charge >= 0.3 is 0 Å². The molecule has 4 fully saturated rings. The van der Waals surface area contributed by atoms with Gasteiger partial charge in [-0.3, -0.25) is 4.57 Å². The van der Waals surface area contributed by atoms with Crippen molar-refractivity contribution in [3.8, 4) is 0 Å². The number of anilines is 1. The van der Waals surface area contributed by atoms with Crippen molar-refractivity contribution in [1.82, 2.24) is 19.5 Å². The number of nitrogens with two attached hydrogens (primary N) is 1. The minimum absolute atomic E-state index is 0.168. The summed E-state index contributed by atoms with van der Waals surface area (Å²) >= 11 is 0. The number of aromatic nitrogens is 4. The van der Waals surface area contributed by atoms with E-state index in [4.69, 9.17) is 15.2 Å². The molecule has 0 radical (unpaired) electrons. The van der Waals surface area contributed by atoms with Gasteiger partial charge in [-0.2, -0.15) is 0 Å². The van der Waals surface area contributed by atoms with E-state index in [-0.39, 0.29) is 12.2 Å². The number of nitrogens with zero attached hydrogens (tertiary/aromatic N) is 4. The average molecular weight is 620 g/mol. The summed E-state index contributed by atoms with van der Waals surface area (Å²) in [6.07, 6.45) is 19.6. The van der Waals surface area contributed by atoms with Gasteiger partial charge in [0.25, 0.3) is 0 Å². The Morgan fingerprint density at radius 3 is 2.73 bits per heavy atom. The van der Waals surface area contributed by atoms with Crippen LogP contribution < -0.4 is 5.73 Å². The Balaban J connectivity index is 0.958. The molecule has 45 heavy (non-hydrogen) atoms. The Labute approximate surface area is 270 Å². The van der Waals surface area contributed by atoms with Gasteiger partial charge in [0.15, 0.2) is 17.7 Å². The average Bonchev–Trinajstić information content (AvgIpc) is 3.70. The summed E-state index contributed by atoms with van der Waals surface area (Å²) in [5, 5.41) is 10.9. The summed E-state index contributed by atoms with van der Waals surface area (Å²) in [5.41, 5.74) is 9.59. The number of allylic oxidation sites excluding steroid dienone is 1. The fourth-order valence-corrected chi connectivity index (χ4v) is 11.2. The van der Waals surface area contributed by atoms with Crippen molar-refractivity contribution in [2.45, 2.75) is 136 Å². The van der Waals surface area contributed by atoms with Crippen LogP contribution in [0, 0.1) is 46.3 Å². The number of rotatable bonds is 9. The molecule has 8 nitrogen and oxygen atoms in total. The van der Waals surface area contributed by atoms with Crippen LogP contribution in [0.2, 0.25) is 0 Å². The first kappa shape index (κ1) is 31.6. The van der Waals surface area contributed by atoms with Gasteiger partial charge in [0.1, 0.15) is 17.9 Å². The van der Waals surface area contributed by atoms with E-state index < -0.39 is 12.3 Å². The van der Waals surface area contributed by atoms with Gasteiger partial charge in [-0.05, 0) is 97.7 Å².